The van der Waals surface area contributed by atoms with Gasteiger partial charge in [0.15, 0.2) is 0 Å². The van der Waals surface area contributed by atoms with Crippen LogP contribution in [0.4, 0.5) is 0 Å². The molecule has 1 aliphatic carbocycles. The van der Waals surface area contributed by atoms with Crippen molar-refractivity contribution in [2.75, 3.05) is 33.7 Å². The summed E-state index contributed by atoms with van der Waals surface area (Å²) in [5, 5.41) is 4.85. The fraction of sp³-hybridized carbons (Fsp3) is 0.786. The molecule has 4 nitrogen and oxygen atoms in total. The highest BCUT2D eigenvalue weighted by atomic mass is 32.1. The lowest BCUT2D eigenvalue weighted by atomic mass is 10.2. The fourth-order valence-electron chi connectivity index (χ4n) is 2.63. The second-order valence-corrected chi connectivity index (χ2v) is 7.08. The highest BCUT2D eigenvalue weighted by Gasteiger charge is 2.25. The van der Waals surface area contributed by atoms with Gasteiger partial charge in [-0.25, -0.2) is 4.98 Å². The summed E-state index contributed by atoms with van der Waals surface area (Å²) < 4.78 is 0. The maximum absolute atomic E-state index is 4.67. The van der Waals surface area contributed by atoms with E-state index in [9.17, 15) is 0 Å². The second kappa shape index (κ2) is 5.87. The van der Waals surface area contributed by atoms with Crippen LogP contribution in [0.2, 0.25) is 0 Å². The molecule has 2 heterocycles. The van der Waals surface area contributed by atoms with Crippen molar-refractivity contribution in [1.82, 2.24) is 20.1 Å². The smallest absolute Gasteiger partial charge is 0.111 e. The normalized spacial score (nSPS) is 26.5. The molecule has 0 bridgehead atoms. The van der Waals surface area contributed by atoms with E-state index in [1.807, 2.05) is 11.3 Å². The molecule has 0 amide bonds. The first kappa shape index (κ1) is 13.5. The zero-order valence-corrected chi connectivity index (χ0v) is 12.7. The Morgan fingerprint density at radius 3 is 3.00 bits per heavy atom. The molecule has 0 radical (unpaired) electrons. The molecule has 5 heteroatoms. The van der Waals surface area contributed by atoms with E-state index < -0.39 is 0 Å². The van der Waals surface area contributed by atoms with Gasteiger partial charge in [-0.15, -0.1) is 11.3 Å². The van der Waals surface area contributed by atoms with Gasteiger partial charge in [0, 0.05) is 30.2 Å². The number of nitrogens with zero attached hydrogens (tertiary/aromatic N) is 3. The first-order valence-electron chi connectivity index (χ1n) is 7.29. The summed E-state index contributed by atoms with van der Waals surface area (Å²) in [6, 6.07) is 1.24. The van der Waals surface area contributed by atoms with Crippen molar-refractivity contribution in [3.8, 4) is 0 Å². The number of hydrogen-bond donors (Lipinski definition) is 1. The van der Waals surface area contributed by atoms with E-state index in [1.54, 1.807) is 0 Å². The summed E-state index contributed by atoms with van der Waals surface area (Å²) in [5.74, 6) is 0. The van der Waals surface area contributed by atoms with Crippen molar-refractivity contribution in [2.45, 2.75) is 37.9 Å². The predicted molar refractivity (Wildman–Crippen MR) is 79.5 cm³/mol. The van der Waals surface area contributed by atoms with Crippen molar-refractivity contribution >= 4 is 11.3 Å². The van der Waals surface area contributed by atoms with Crippen molar-refractivity contribution in [3.05, 3.63) is 16.1 Å². The first-order valence-corrected chi connectivity index (χ1v) is 8.11. The molecule has 0 spiro atoms. The molecular formula is C14H24N4S. The maximum Gasteiger partial charge on any atom is 0.111 e. The van der Waals surface area contributed by atoms with Crippen LogP contribution in [0.3, 0.4) is 0 Å². The van der Waals surface area contributed by atoms with Gasteiger partial charge in [0.2, 0.25) is 0 Å². The van der Waals surface area contributed by atoms with E-state index in [1.165, 1.54) is 42.2 Å². The van der Waals surface area contributed by atoms with Gasteiger partial charge in [0.1, 0.15) is 5.01 Å². The van der Waals surface area contributed by atoms with Crippen LogP contribution in [-0.4, -0.2) is 54.6 Å². The number of rotatable bonds is 4. The molecule has 1 atom stereocenters. The zero-order valence-electron chi connectivity index (χ0n) is 11.9. The summed E-state index contributed by atoms with van der Waals surface area (Å²) in [6.45, 7) is 4.46. The minimum absolute atomic E-state index is 0.465. The molecule has 1 aliphatic heterocycles. The van der Waals surface area contributed by atoms with Crippen molar-refractivity contribution in [1.29, 1.82) is 0 Å². The van der Waals surface area contributed by atoms with E-state index in [2.05, 4.69) is 40.4 Å². The molecule has 1 saturated heterocycles. The third-order valence-corrected chi connectivity index (χ3v) is 5.16. The van der Waals surface area contributed by atoms with Gasteiger partial charge in [-0.3, -0.25) is 4.90 Å². The lowest BCUT2D eigenvalue weighted by Gasteiger charge is -2.25. The molecule has 1 aromatic heterocycles. The number of thiazole rings is 1. The Hall–Kier alpha value is -0.490. The summed E-state index contributed by atoms with van der Waals surface area (Å²) >= 11 is 1.88. The summed E-state index contributed by atoms with van der Waals surface area (Å²) in [4.78, 5) is 10.9. The minimum atomic E-state index is 0.465. The van der Waals surface area contributed by atoms with Crippen molar-refractivity contribution in [2.24, 2.45) is 0 Å². The van der Waals surface area contributed by atoms with E-state index in [0.29, 0.717) is 6.04 Å². The van der Waals surface area contributed by atoms with E-state index in [-0.39, 0.29) is 0 Å². The van der Waals surface area contributed by atoms with Crippen LogP contribution in [0.5, 0.6) is 0 Å². The third-order valence-electron chi connectivity index (χ3n) is 4.07. The Labute approximate surface area is 119 Å². The average Bonchev–Trinajstić information content (AvgIpc) is 3.13. The highest BCUT2D eigenvalue weighted by molar-refractivity contribution is 7.11. The van der Waals surface area contributed by atoms with Gasteiger partial charge < -0.3 is 10.2 Å². The van der Waals surface area contributed by atoms with Crippen molar-refractivity contribution in [3.63, 3.8) is 0 Å². The average molecular weight is 280 g/mol. The number of nitrogens with one attached hydrogen (secondary N) is 1. The van der Waals surface area contributed by atoms with Gasteiger partial charge in [-0.05, 0) is 46.4 Å². The molecular weight excluding hydrogens is 256 g/mol. The Morgan fingerprint density at radius 1 is 1.37 bits per heavy atom. The lowest BCUT2D eigenvalue weighted by Crippen LogP contribution is -2.30. The maximum atomic E-state index is 4.67. The molecule has 1 N–H and O–H groups in total. The molecule has 2 fully saturated rings. The van der Waals surface area contributed by atoms with E-state index in [0.717, 1.165) is 19.1 Å². The third kappa shape index (κ3) is 3.54. The van der Waals surface area contributed by atoms with Crippen LogP contribution in [0.1, 0.15) is 35.2 Å². The Balaban J connectivity index is 1.65. The Bertz CT molecular complexity index is 415. The van der Waals surface area contributed by atoms with Crippen LogP contribution in [0, 0.1) is 0 Å². The molecule has 106 valence electrons. The van der Waals surface area contributed by atoms with Crippen LogP contribution in [-0.2, 0) is 6.54 Å². The summed E-state index contributed by atoms with van der Waals surface area (Å²) in [6.07, 6.45) is 6.02. The van der Waals surface area contributed by atoms with Crippen LogP contribution in [0.25, 0.3) is 0 Å². The van der Waals surface area contributed by atoms with E-state index >= 15 is 0 Å². The monoisotopic (exact) mass is 280 g/mol. The van der Waals surface area contributed by atoms with Gasteiger partial charge in [0.25, 0.3) is 0 Å². The Morgan fingerprint density at radius 2 is 2.21 bits per heavy atom. The van der Waals surface area contributed by atoms with Gasteiger partial charge in [-0.2, -0.15) is 0 Å². The van der Waals surface area contributed by atoms with Gasteiger partial charge >= 0.3 is 0 Å². The number of hydrogen-bond acceptors (Lipinski definition) is 5. The standard InChI is InChI=1S/C14H24N4S/c1-17-6-3-7-18(2)13(10-17)14-16-9-12(19-14)8-15-11-4-5-11/h9,11,13,15H,3-8,10H2,1-2H3. The quantitative estimate of drug-likeness (QED) is 0.910. The van der Waals surface area contributed by atoms with Crippen LogP contribution < -0.4 is 5.32 Å². The van der Waals surface area contributed by atoms with Gasteiger partial charge in [-0.1, -0.05) is 0 Å². The summed E-state index contributed by atoms with van der Waals surface area (Å²) in [5.41, 5.74) is 0. The molecule has 3 rings (SSSR count). The molecule has 1 aromatic rings. The SMILES string of the molecule is CN1CCCN(C)C(c2ncc(CNC3CC3)s2)C1. The van der Waals surface area contributed by atoms with Crippen LogP contribution >= 0.6 is 11.3 Å². The van der Waals surface area contributed by atoms with Crippen LogP contribution in [0.15, 0.2) is 6.20 Å². The Kier molecular flexibility index (Phi) is 4.17. The first-order chi connectivity index (χ1) is 9.22. The molecule has 2 aliphatic rings. The zero-order chi connectivity index (χ0) is 13.2. The van der Waals surface area contributed by atoms with Gasteiger partial charge in [0.05, 0.1) is 6.04 Å². The molecule has 0 aromatic carbocycles. The topological polar surface area (TPSA) is 31.4 Å². The minimum Gasteiger partial charge on any atom is -0.309 e. The number of aromatic nitrogens is 1. The fourth-order valence-corrected chi connectivity index (χ4v) is 3.65. The summed E-state index contributed by atoms with van der Waals surface area (Å²) in [7, 11) is 4.45. The van der Waals surface area contributed by atoms with E-state index in [4.69, 9.17) is 0 Å². The largest absolute Gasteiger partial charge is 0.309 e. The highest BCUT2D eigenvalue weighted by Crippen LogP contribution is 2.27. The molecule has 1 unspecified atom stereocenters. The van der Waals surface area contributed by atoms with Crippen molar-refractivity contribution < 1.29 is 0 Å². The number of likely N-dealkylation sites (N-methyl/N-ethyl adjacent to an activating group) is 2. The molecule has 19 heavy (non-hydrogen) atoms. The predicted octanol–water partition coefficient (Wildman–Crippen LogP) is 1.70. The second-order valence-electron chi connectivity index (χ2n) is 5.93. The molecule has 1 saturated carbocycles. The lowest BCUT2D eigenvalue weighted by molar-refractivity contribution is 0.228.